The SMILES string of the molecule is C[Si](C)(C)C#Cc1cncc(N2CCCC2C#N)c1. The Kier molecular flexibility index (Phi) is 3.92. The third-order valence-electron chi connectivity index (χ3n) is 3.04. The van der Waals surface area contributed by atoms with E-state index in [-0.39, 0.29) is 6.04 Å². The van der Waals surface area contributed by atoms with Gasteiger partial charge in [0.15, 0.2) is 0 Å². The monoisotopic (exact) mass is 269 g/mol. The fraction of sp³-hybridized carbons (Fsp3) is 0.467. The first kappa shape index (κ1) is 13.6. The van der Waals surface area contributed by atoms with E-state index in [0.717, 1.165) is 30.6 Å². The van der Waals surface area contributed by atoms with E-state index >= 15 is 0 Å². The van der Waals surface area contributed by atoms with Crippen molar-refractivity contribution < 1.29 is 0 Å². The van der Waals surface area contributed by atoms with Crippen molar-refractivity contribution in [1.29, 1.82) is 5.26 Å². The quantitative estimate of drug-likeness (QED) is 0.581. The fourth-order valence-corrected chi connectivity index (χ4v) is 2.64. The zero-order valence-electron chi connectivity index (χ0n) is 11.8. The van der Waals surface area contributed by atoms with Crippen LogP contribution in [0.5, 0.6) is 0 Å². The van der Waals surface area contributed by atoms with Gasteiger partial charge >= 0.3 is 0 Å². The predicted octanol–water partition coefficient (Wildman–Crippen LogP) is 2.80. The molecular formula is C15H19N3Si. The molecule has 3 nitrogen and oxygen atoms in total. The Hall–Kier alpha value is -1.78. The second kappa shape index (κ2) is 5.46. The molecule has 0 spiro atoms. The molecule has 19 heavy (non-hydrogen) atoms. The van der Waals surface area contributed by atoms with Crippen molar-refractivity contribution >= 4 is 13.8 Å². The summed E-state index contributed by atoms with van der Waals surface area (Å²) >= 11 is 0. The van der Waals surface area contributed by atoms with Gasteiger partial charge in [0.1, 0.15) is 14.1 Å². The first-order valence-corrected chi connectivity index (χ1v) is 10.1. The standard InChI is InChI=1S/C15H19N3Si/c1-19(2,3)8-6-13-9-15(12-17-11-13)18-7-4-5-14(18)10-16/h9,11-12,14H,4-5,7H2,1-3H3. The van der Waals surface area contributed by atoms with Gasteiger partial charge in [0.2, 0.25) is 0 Å². The lowest BCUT2D eigenvalue weighted by Crippen LogP contribution is -2.27. The van der Waals surface area contributed by atoms with Gasteiger partial charge < -0.3 is 4.90 Å². The maximum atomic E-state index is 9.14. The lowest BCUT2D eigenvalue weighted by atomic mass is 10.2. The number of anilines is 1. The number of nitriles is 1. The summed E-state index contributed by atoms with van der Waals surface area (Å²) in [6.07, 6.45) is 5.65. The van der Waals surface area contributed by atoms with Crippen LogP contribution >= 0.6 is 0 Å². The maximum absolute atomic E-state index is 9.14. The van der Waals surface area contributed by atoms with Crippen LogP contribution in [0.2, 0.25) is 19.6 Å². The molecule has 0 bridgehead atoms. The van der Waals surface area contributed by atoms with E-state index in [1.165, 1.54) is 0 Å². The Morgan fingerprint density at radius 1 is 1.37 bits per heavy atom. The van der Waals surface area contributed by atoms with Gasteiger partial charge in [-0.15, -0.1) is 5.54 Å². The number of hydrogen-bond acceptors (Lipinski definition) is 3. The highest BCUT2D eigenvalue weighted by molar-refractivity contribution is 6.83. The van der Waals surface area contributed by atoms with Crippen molar-refractivity contribution in [3.05, 3.63) is 24.0 Å². The first-order chi connectivity index (χ1) is 8.99. The van der Waals surface area contributed by atoms with Gasteiger partial charge in [-0.05, 0) is 18.9 Å². The highest BCUT2D eigenvalue weighted by Gasteiger charge is 2.24. The van der Waals surface area contributed by atoms with E-state index in [4.69, 9.17) is 5.26 Å². The molecule has 0 radical (unpaired) electrons. The minimum atomic E-state index is -1.36. The lowest BCUT2D eigenvalue weighted by molar-refractivity contribution is 0.816. The van der Waals surface area contributed by atoms with Crippen LogP contribution in [0, 0.1) is 22.8 Å². The van der Waals surface area contributed by atoms with Gasteiger partial charge in [0, 0.05) is 18.3 Å². The highest BCUT2D eigenvalue weighted by Crippen LogP contribution is 2.24. The molecule has 1 aromatic rings. The average molecular weight is 269 g/mol. The van der Waals surface area contributed by atoms with Crippen molar-refractivity contribution in [2.75, 3.05) is 11.4 Å². The molecule has 0 N–H and O–H groups in total. The number of aromatic nitrogens is 1. The largest absolute Gasteiger partial charge is 0.354 e. The lowest BCUT2D eigenvalue weighted by Gasteiger charge is -2.21. The van der Waals surface area contributed by atoms with Gasteiger partial charge in [-0.25, -0.2) is 0 Å². The summed E-state index contributed by atoms with van der Waals surface area (Å²) in [6, 6.07) is 4.40. The van der Waals surface area contributed by atoms with E-state index in [1.54, 1.807) is 6.20 Å². The van der Waals surface area contributed by atoms with E-state index < -0.39 is 8.07 Å². The van der Waals surface area contributed by atoms with Gasteiger partial charge in [0.05, 0.1) is 18.0 Å². The van der Waals surface area contributed by atoms with Crippen LogP contribution < -0.4 is 4.90 Å². The molecule has 1 aliphatic heterocycles. The molecule has 2 heterocycles. The molecule has 98 valence electrons. The molecule has 1 atom stereocenters. The van der Waals surface area contributed by atoms with Crippen LogP contribution in [0.1, 0.15) is 18.4 Å². The molecule has 1 saturated heterocycles. The molecule has 0 aliphatic carbocycles. The zero-order chi connectivity index (χ0) is 13.9. The van der Waals surface area contributed by atoms with Crippen LogP contribution in [0.25, 0.3) is 0 Å². The minimum Gasteiger partial charge on any atom is -0.354 e. The molecular weight excluding hydrogens is 250 g/mol. The van der Waals surface area contributed by atoms with Crippen LogP contribution in [0.3, 0.4) is 0 Å². The predicted molar refractivity (Wildman–Crippen MR) is 80.4 cm³/mol. The van der Waals surface area contributed by atoms with Crippen LogP contribution in [0.4, 0.5) is 5.69 Å². The van der Waals surface area contributed by atoms with Crippen molar-refractivity contribution in [1.82, 2.24) is 4.98 Å². The topological polar surface area (TPSA) is 39.9 Å². The second-order valence-electron chi connectivity index (χ2n) is 5.91. The summed E-state index contributed by atoms with van der Waals surface area (Å²) in [5, 5.41) is 9.14. The number of rotatable bonds is 1. The van der Waals surface area contributed by atoms with E-state index in [0.29, 0.717) is 0 Å². The first-order valence-electron chi connectivity index (χ1n) is 6.64. The summed E-state index contributed by atoms with van der Waals surface area (Å²) in [5.41, 5.74) is 5.31. The third-order valence-corrected chi connectivity index (χ3v) is 3.91. The Labute approximate surface area is 116 Å². The van der Waals surface area contributed by atoms with E-state index in [2.05, 4.69) is 53.1 Å². The normalized spacial score (nSPS) is 18.6. The molecule has 1 fully saturated rings. The molecule has 4 heteroatoms. The molecule has 0 aromatic carbocycles. The molecule has 2 rings (SSSR count). The smallest absolute Gasteiger partial charge is 0.129 e. The molecule has 1 aromatic heterocycles. The van der Waals surface area contributed by atoms with Gasteiger partial charge in [-0.2, -0.15) is 5.26 Å². The Morgan fingerprint density at radius 3 is 2.84 bits per heavy atom. The summed E-state index contributed by atoms with van der Waals surface area (Å²) in [7, 11) is -1.36. The molecule has 1 unspecified atom stereocenters. The van der Waals surface area contributed by atoms with Crippen LogP contribution in [0.15, 0.2) is 18.5 Å². The highest BCUT2D eigenvalue weighted by atomic mass is 28.3. The van der Waals surface area contributed by atoms with Crippen molar-refractivity contribution in [3.8, 4) is 17.5 Å². The summed E-state index contributed by atoms with van der Waals surface area (Å²) < 4.78 is 0. The Morgan fingerprint density at radius 2 is 2.16 bits per heavy atom. The maximum Gasteiger partial charge on any atom is 0.129 e. The van der Waals surface area contributed by atoms with Crippen molar-refractivity contribution in [2.24, 2.45) is 0 Å². The van der Waals surface area contributed by atoms with Crippen LogP contribution in [-0.4, -0.2) is 25.6 Å². The average Bonchev–Trinajstić information content (AvgIpc) is 2.84. The van der Waals surface area contributed by atoms with E-state index in [1.807, 2.05) is 6.20 Å². The summed E-state index contributed by atoms with van der Waals surface area (Å²) in [6.45, 7) is 7.61. The second-order valence-corrected chi connectivity index (χ2v) is 10.7. The summed E-state index contributed by atoms with van der Waals surface area (Å²) in [4.78, 5) is 6.39. The molecule has 0 amide bonds. The minimum absolute atomic E-state index is 0.0120. The third kappa shape index (κ3) is 3.59. The van der Waals surface area contributed by atoms with E-state index in [9.17, 15) is 0 Å². The van der Waals surface area contributed by atoms with Gasteiger partial charge in [-0.1, -0.05) is 25.6 Å². The van der Waals surface area contributed by atoms with Crippen molar-refractivity contribution in [3.63, 3.8) is 0 Å². The summed E-state index contributed by atoms with van der Waals surface area (Å²) in [5.74, 6) is 3.22. The number of pyridine rings is 1. The van der Waals surface area contributed by atoms with Gasteiger partial charge in [0.25, 0.3) is 0 Å². The fourth-order valence-electron chi connectivity index (χ4n) is 2.12. The molecule has 1 aliphatic rings. The molecule has 0 saturated carbocycles. The van der Waals surface area contributed by atoms with Crippen molar-refractivity contribution in [2.45, 2.75) is 38.5 Å². The Bertz CT molecular complexity index is 557. The Balaban J connectivity index is 2.24. The number of nitrogens with zero attached hydrogens (tertiary/aromatic N) is 3. The zero-order valence-corrected chi connectivity index (χ0v) is 12.8. The van der Waals surface area contributed by atoms with Crippen LogP contribution in [-0.2, 0) is 0 Å². The number of hydrogen-bond donors (Lipinski definition) is 0. The van der Waals surface area contributed by atoms with Gasteiger partial charge in [-0.3, -0.25) is 4.98 Å².